The zero-order chi connectivity index (χ0) is 10.0. The third kappa shape index (κ3) is 2.18. The Morgan fingerprint density at radius 2 is 2.15 bits per heavy atom. The monoisotopic (exact) mass is 182 g/mol. The smallest absolute Gasteiger partial charge is 0.221 e. The summed E-state index contributed by atoms with van der Waals surface area (Å²) in [5, 5.41) is 2.51. The van der Waals surface area contributed by atoms with Gasteiger partial charge in [-0.15, -0.1) is 0 Å². The minimum Gasteiger partial charge on any atom is -0.397 e. The summed E-state index contributed by atoms with van der Waals surface area (Å²) in [5.74, 6) is -0.593. The van der Waals surface area contributed by atoms with Crippen molar-refractivity contribution in [2.24, 2.45) is 0 Å². The number of halogens is 1. The maximum atomic E-state index is 12.9. The molecule has 0 unspecified atom stereocenters. The van der Waals surface area contributed by atoms with Gasteiger partial charge in [-0.3, -0.25) is 4.79 Å². The van der Waals surface area contributed by atoms with Gasteiger partial charge in [0.15, 0.2) is 0 Å². The normalized spacial score (nSPS) is 9.77. The number of benzene rings is 1. The summed E-state index contributed by atoms with van der Waals surface area (Å²) in [5.41, 5.74) is 6.63. The molecule has 1 amide bonds. The van der Waals surface area contributed by atoms with Gasteiger partial charge in [0.2, 0.25) is 5.91 Å². The number of nitrogens with two attached hydrogens (primary N) is 1. The molecule has 3 nitrogen and oxygen atoms in total. The van der Waals surface area contributed by atoms with Crippen LogP contribution in [0.5, 0.6) is 0 Å². The Morgan fingerprint density at radius 1 is 1.54 bits per heavy atom. The number of amides is 1. The van der Waals surface area contributed by atoms with Gasteiger partial charge in [0, 0.05) is 6.92 Å². The van der Waals surface area contributed by atoms with Crippen molar-refractivity contribution in [3.63, 3.8) is 0 Å². The van der Waals surface area contributed by atoms with E-state index in [9.17, 15) is 9.18 Å². The molecule has 0 spiro atoms. The third-order valence-corrected chi connectivity index (χ3v) is 1.64. The minimum absolute atomic E-state index is 0.224. The van der Waals surface area contributed by atoms with E-state index < -0.39 is 0 Å². The fraction of sp³-hybridized carbons (Fsp3) is 0.222. The van der Waals surface area contributed by atoms with E-state index >= 15 is 0 Å². The first-order valence-electron chi connectivity index (χ1n) is 3.84. The second-order valence-corrected chi connectivity index (χ2v) is 2.87. The second kappa shape index (κ2) is 3.43. The van der Waals surface area contributed by atoms with Crippen LogP contribution in [0.4, 0.5) is 15.8 Å². The molecule has 0 aromatic heterocycles. The van der Waals surface area contributed by atoms with Crippen LogP contribution in [0.3, 0.4) is 0 Å². The Hall–Kier alpha value is -1.58. The average Bonchev–Trinajstić information content (AvgIpc) is 1.99. The van der Waals surface area contributed by atoms with Crippen molar-refractivity contribution in [2.75, 3.05) is 11.1 Å². The molecule has 0 fully saturated rings. The van der Waals surface area contributed by atoms with E-state index in [4.69, 9.17) is 5.73 Å². The van der Waals surface area contributed by atoms with Crippen molar-refractivity contribution >= 4 is 17.3 Å². The number of nitrogen functional groups attached to an aromatic ring is 1. The highest BCUT2D eigenvalue weighted by molar-refractivity contribution is 5.92. The van der Waals surface area contributed by atoms with E-state index in [1.807, 2.05) is 0 Å². The number of hydrogen-bond donors (Lipinski definition) is 2. The SMILES string of the molecule is CC(=O)Nc1cc(C)c(F)cc1N. The van der Waals surface area contributed by atoms with Crippen LogP contribution in [-0.4, -0.2) is 5.91 Å². The summed E-state index contributed by atoms with van der Waals surface area (Å²) < 4.78 is 12.9. The summed E-state index contributed by atoms with van der Waals surface area (Å²) in [6.07, 6.45) is 0. The van der Waals surface area contributed by atoms with Gasteiger partial charge in [-0.1, -0.05) is 0 Å². The molecule has 0 atom stereocenters. The van der Waals surface area contributed by atoms with Crippen molar-refractivity contribution in [1.82, 2.24) is 0 Å². The first-order valence-corrected chi connectivity index (χ1v) is 3.84. The van der Waals surface area contributed by atoms with Crippen LogP contribution >= 0.6 is 0 Å². The third-order valence-electron chi connectivity index (χ3n) is 1.64. The molecule has 3 N–H and O–H groups in total. The topological polar surface area (TPSA) is 55.1 Å². The zero-order valence-electron chi connectivity index (χ0n) is 7.52. The molecule has 70 valence electrons. The lowest BCUT2D eigenvalue weighted by atomic mass is 10.2. The Morgan fingerprint density at radius 3 is 2.69 bits per heavy atom. The predicted molar refractivity (Wildman–Crippen MR) is 49.9 cm³/mol. The molecule has 13 heavy (non-hydrogen) atoms. The Bertz CT molecular complexity index is 350. The number of rotatable bonds is 1. The summed E-state index contributed by atoms with van der Waals surface area (Å²) in [7, 11) is 0. The maximum Gasteiger partial charge on any atom is 0.221 e. The fourth-order valence-corrected chi connectivity index (χ4v) is 0.995. The number of nitrogens with one attached hydrogen (secondary N) is 1. The van der Waals surface area contributed by atoms with E-state index in [0.29, 0.717) is 11.3 Å². The number of carbonyl (C=O) groups excluding carboxylic acids is 1. The maximum absolute atomic E-state index is 12.9. The zero-order valence-corrected chi connectivity index (χ0v) is 7.52. The number of hydrogen-bond acceptors (Lipinski definition) is 2. The molecule has 1 rings (SSSR count). The summed E-state index contributed by atoms with van der Waals surface area (Å²) in [4.78, 5) is 10.7. The first kappa shape index (κ1) is 9.51. The largest absolute Gasteiger partial charge is 0.397 e. The van der Waals surface area contributed by atoms with Gasteiger partial charge in [-0.05, 0) is 24.6 Å². The van der Waals surface area contributed by atoms with Crippen LogP contribution in [0, 0.1) is 12.7 Å². The molecule has 1 aromatic carbocycles. The minimum atomic E-state index is -0.369. The van der Waals surface area contributed by atoms with E-state index in [1.54, 1.807) is 6.92 Å². The highest BCUT2D eigenvalue weighted by Gasteiger charge is 2.05. The quantitative estimate of drug-likeness (QED) is 0.649. The van der Waals surface area contributed by atoms with Gasteiger partial charge in [-0.2, -0.15) is 0 Å². The molecule has 0 saturated carbocycles. The van der Waals surface area contributed by atoms with E-state index in [0.717, 1.165) is 0 Å². The molecule has 0 radical (unpaired) electrons. The van der Waals surface area contributed by atoms with Crippen LogP contribution in [-0.2, 0) is 4.79 Å². The predicted octanol–water partition coefficient (Wildman–Crippen LogP) is 1.67. The molecule has 0 heterocycles. The van der Waals surface area contributed by atoms with Crippen LogP contribution in [0.25, 0.3) is 0 Å². The Kier molecular flexibility index (Phi) is 2.51. The average molecular weight is 182 g/mol. The Labute approximate surface area is 75.7 Å². The highest BCUT2D eigenvalue weighted by atomic mass is 19.1. The van der Waals surface area contributed by atoms with Gasteiger partial charge < -0.3 is 11.1 Å². The number of carbonyl (C=O) groups is 1. The highest BCUT2D eigenvalue weighted by Crippen LogP contribution is 2.22. The number of anilines is 2. The van der Waals surface area contributed by atoms with Crippen LogP contribution in [0.2, 0.25) is 0 Å². The van der Waals surface area contributed by atoms with Crippen molar-refractivity contribution in [3.05, 3.63) is 23.5 Å². The molecule has 0 aliphatic rings. The van der Waals surface area contributed by atoms with Crippen molar-refractivity contribution in [1.29, 1.82) is 0 Å². The Balaban J connectivity index is 3.08. The van der Waals surface area contributed by atoms with Gasteiger partial charge in [-0.25, -0.2) is 4.39 Å². The van der Waals surface area contributed by atoms with E-state index in [-0.39, 0.29) is 17.4 Å². The molecule has 0 aliphatic heterocycles. The molecule has 0 saturated heterocycles. The summed E-state index contributed by atoms with van der Waals surface area (Å²) >= 11 is 0. The first-order chi connectivity index (χ1) is 6.00. The molecule has 0 aliphatic carbocycles. The van der Waals surface area contributed by atoms with Crippen molar-refractivity contribution < 1.29 is 9.18 Å². The fourth-order valence-electron chi connectivity index (χ4n) is 0.995. The second-order valence-electron chi connectivity index (χ2n) is 2.87. The standard InChI is InChI=1S/C9H11FN2O/c1-5-3-9(12-6(2)13)8(11)4-7(5)10/h3-4H,11H2,1-2H3,(H,12,13). The molecular weight excluding hydrogens is 171 g/mol. The lowest BCUT2D eigenvalue weighted by Gasteiger charge is -2.07. The van der Waals surface area contributed by atoms with Crippen LogP contribution in [0.15, 0.2) is 12.1 Å². The van der Waals surface area contributed by atoms with Crippen molar-refractivity contribution in [3.8, 4) is 0 Å². The van der Waals surface area contributed by atoms with Gasteiger partial charge >= 0.3 is 0 Å². The van der Waals surface area contributed by atoms with Crippen molar-refractivity contribution in [2.45, 2.75) is 13.8 Å². The molecule has 1 aromatic rings. The molecule has 4 heteroatoms. The van der Waals surface area contributed by atoms with Gasteiger partial charge in [0.1, 0.15) is 5.82 Å². The summed E-state index contributed by atoms with van der Waals surface area (Å²) in [6, 6.07) is 2.70. The molecule has 0 bridgehead atoms. The van der Waals surface area contributed by atoms with Crippen LogP contribution in [0.1, 0.15) is 12.5 Å². The van der Waals surface area contributed by atoms with Gasteiger partial charge in [0.05, 0.1) is 11.4 Å². The lowest BCUT2D eigenvalue weighted by molar-refractivity contribution is -0.114. The molecular formula is C9H11FN2O. The van der Waals surface area contributed by atoms with E-state index in [1.165, 1.54) is 19.1 Å². The number of aryl methyl sites for hydroxylation is 1. The van der Waals surface area contributed by atoms with Crippen LogP contribution < -0.4 is 11.1 Å². The van der Waals surface area contributed by atoms with E-state index in [2.05, 4.69) is 5.32 Å². The lowest BCUT2D eigenvalue weighted by Crippen LogP contribution is -2.08. The summed E-state index contributed by atoms with van der Waals surface area (Å²) in [6.45, 7) is 2.98. The van der Waals surface area contributed by atoms with Gasteiger partial charge in [0.25, 0.3) is 0 Å².